The molecule has 2 aliphatic rings. The number of benzene rings is 3. The lowest BCUT2D eigenvalue weighted by Gasteiger charge is -2.11. The third-order valence-electron chi connectivity index (χ3n) is 5.05. The van der Waals surface area contributed by atoms with Crippen LogP contribution in [0.25, 0.3) is 6.08 Å². The number of esters is 2. The molecule has 0 saturated heterocycles. The molecule has 2 aliphatic heterocycles. The van der Waals surface area contributed by atoms with E-state index in [1.807, 2.05) is 19.1 Å². The number of hydrogen-bond donors (Lipinski definition) is 0. The molecule has 0 aromatic heterocycles. The van der Waals surface area contributed by atoms with Crippen molar-refractivity contribution in [1.29, 1.82) is 0 Å². The highest BCUT2D eigenvalue weighted by Crippen LogP contribution is 2.37. The largest absolute Gasteiger partial charge is 0.454 e. The summed E-state index contributed by atoms with van der Waals surface area (Å²) in [4.78, 5) is 29.6. The Hall–Kier alpha value is -3.43. The van der Waals surface area contributed by atoms with Gasteiger partial charge in [0.1, 0.15) is 0 Å². The topological polar surface area (TPSA) is 83.4 Å². The molecule has 0 amide bonds. The lowest BCUT2D eigenvalue weighted by Crippen LogP contribution is -2.10. The van der Waals surface area contributed by atoms with Gasteiger partial charge in [0.25, 0.3) is 0 Å². The van der Waals surface area contributed by atoms with Crippen molar-refractivity contribution < 1.29 is 28.5 Å². The molecule has 7 nitrogen and oxygen atoms in total. The molecule has 2 heterocycles. The maximum absolute atomic E-state index is 12.7. The fourth-order valence-electron chi connectivity index (χ4n) is 3.35. The Kier molecular flexibility index (Phi) is 5.97. The van der Waals surface area contributed by atoms with Crippen LogP contribution >= 0.6 is 31.9 Å². The van der Waals surface area contributed by atoms with E-state index in [9.17, 15) is 9.59 Å². The van der Waals surface area contributed by atoms with Crippen LogP contribution < -0.4 is 14.2 Å². The van der Waals surface area contributed by atoms with E-state index < -0.39 is 11.9 Å². The number of carbonyl (C=O) groups excluding carboxylic acids is 2. The molecule has 170 valence electrons. The van der Waals surface area contributed by atoms with Gasteiger partial charge in [0, 0.05) is 15.6 Å². The van der Waals surface area contributed by atoms with Gasteiger partial charge in [-0.25, -0.2) is 14.6 Å². The Balaban J connectivity index is 1.48. The molecule has 0 atom stereocenters. The zero-order valence-corrected chi connectivity index (χ0v) is 20.8. The Labute approximate surface area is 211 Å². The van der Waals surface area contributed by atoms with Gasteiger partial charge in [-0.05, 0) is 71.4 Å². The second-order valence-corrected chi connectivity index (χ2v) is 9.24. The van der Waals surface area contributed by atoms with Crippen molar-refractivity contribution in [2.24, 2.45) is 4.99 Å². The number of aliphatic imine (C=N–C) groups is 1. The molecule has 0 fully saturated rings. The van der Waals surface area contributed by atoms with Gasteiger partial charge in [-0.1, -0.05) is 33.6 Å². The number of cyclic esters (lactones) is 1. The van der Waals surface area contributed by atoms with Crippen molar-refractivity contribution in [3.8, 4) is 17.2 Å². The van der Waals surface area contributed by atoms with Gasteiger partial charge in [-0.3, -0.25) is 0 Å². The summed E-state index contributed by atoms with van der Waals surface area (Å²) < 4.78 is 23.0. The minimum atomic E-state index is -0.625. The van der Waals surface area contributed by atoms with Gasteiger partial charge >= 0.3 is 11.9 Å². The fraction of sp³-hybridized carbons (Fsp3) is 0.0800. The quantitative estimate of drug-likeness (QED) is 0.218. The average Bonchev–Trinajstić information content (AvgIpc) is 3.42. The minimum Gasteiger partial charge on any atom is -0.454 e. The summed E-state index contributed by atoms with van der Waals surface area (Å²) in [5, 5.41) is 0. The average molecular weight is 585 g/mol. The second kappa shape index (κ2) is 9.08. The lowest BCUT2D eigenvalue weighted by atomic mass is 10.1. The molecule has 0 saturated carbocycles. The zero-order chi connectivity index (χ0) is 23.8. The van der Waals surface area contributed by atoms with Crippen molar-refractivity contribution >= 4 is 55.8 Å². The number of ether oxygens (including phenoxy) is 4. The SMILES string of the molecule is Cc1ccc(C(=O)Oc2c(Br)cc(Br)cc2/C=C2/N=C(c3ccc4c(c3)OCO4)OC2=O)cc1. The van der Waals surface area contributed by atoms with Crippen LogP contribution in [0.1, 0.15) is 27.0 Å². The first-order valence-corrected chi connectivity index (χ1v) is 11.7. The molecule has 3 aromatic carbocycles. The fourth-order valence-corrected chi connectivity index (χ4v) is 4.69. The lowest BCUT2D eigenvalue weighted by molar-refractivity contribution is -0.129. The smallest absolute Gasteiger partial charge is 0.363 e. The van der Waals surface area contributed by atoms with Gasteiger partial charge in [0.2, 0.25) is 12.7 Å². The predicted octanol–water partition coefficient (Wildman–Crippen LogP) is 5.81. The Morgan fingerprint density at radius 3 is 2.59 bits per heavy atom. The number of hydrogen-bond acceptors (Lipinski definition) is 7. The van der Waals surface area contributed by atoms with Crippen molar-refractivity contribution in [3.63, 3.8) is 0 Å². The molecule has 5 rings (SSSR count). The summed E-state index contributed by atoms with van der Waals surface area (Å²) in [6, 6.07) is 15.7. The Morgan fingerprint density at radius 1 is 1.03 bits per heavy atom. The van der Waals surface area contributed by atoms with Gasteiger partial charge in [0.15, 0.2) is 22.9 Å². The molecule has 0 bridgehead atoms. The number of nitrogens with zero attached hydrogens (tertiary/aromatic N) is 1. The van der Waals surface area contributed by atoms with Gasteiger partial charge in [-0.15, -0.1) is 0 Å². The van der Waals surface area contributed by atoms with Gasteiger partial charge < -0.3 is 18.9 Å². The van der Waals surface area contributed by atoms with Crippen LogP contribution in [0.15, 0.2) is 74.2 Å². The summed E-state index contributed by atoms with van der Waals surface area (Å²) in [5.41, 5.74) is 2.53. The summed E-state index contributed by atoms with van der Waals surface area (Å²) >= 11 is 6.87. The molecular weight excluding hydrogens is 570 g/mol. The van der Waals surface area contributed by atoms with Crippen LogP contribution in [0.2, 0.25) is 0 Å². The van der Waals surface area contributed by atoms with Crippen molar-refractivity contribution in [1.82, 2.24) is 0 Å². The third kappa shape index (κ3) is 4.49. The molecule has 34 heavy (non-hydrogen) atoms. The molecule has 0 spiro atoms. The van der Waals surface area contributed by atoms with Crippen LogP contribution in [-0.2, 0) is 9.53 Å². The predicted molar refractivity (Wildman–Crippen MR) is 131 cm³/mol. The van der Waals surface area contributed by atoms with Crippen LogP contribution in [-0.4, -0.2) is 24.6 Å². The van der Waals surface area contributed by atoms with E-state index in [1.54, 1.807) is 42.5 Å². The molecular formula is C25H15Br2NO6. The zero-order valence-electron chi connectivity index (χ0n) is 17.6. The molecule has 0 radical (unpaired) electrons. The van der Waals surface area contributed by atoms with Crippen LogP contribution in [0.3, 0.4) is 0 Å². The number of rotatable bonds is 4. The normalized spacial score (nSPS) is 15.3. The number of halogens is 2. The first-order chi connectivity index (χ1) is 16.4. The van der Waals surface area contributed by atoms with E-state index in [0.29, 0.717) is 37.1 Å². The van der Waals surface area contributed by atoms with E-state index in [-0.39, 0.29) is 24.1 Å². The monoisotopic (exact) mass is 583 g/mol. The maximum Gasteiger partial charge on any atom is 0.363 e. The van der Waals surface area contributed by atoms with E-state index in [2.05, 4.69) is 36.9 Å². The molecule has 0 aliphatic carbocycles. The summed E-state index contributed by atoms with van der Waals surface area (Å²) in [7, 11) is 0. The first kappa shape index (κ1) is 22.4. The highest BCUT2D eigenvalue weighted by atomic mass is 79.9. The van der Waals surface area contributed by atoms with E-state index in [0.717, 1.165) is 5.56 Å². The molecule has 0 N–H and O–H groups in total. The third-order valence-corrected chi connectivity index (χ3v) is 6.10. The highest BCUT2D eigenvalue weighted by molar-refractivity contribution is 9.11. The van der Waals surface area contributed by atoms with Crippen molar-refractivity contribution in [2.45, 2.75) is 6.92 Å². The Morgan fingerprint density at radius 2 is 1.79 bits per heavy atom. The Bertz CT molecular complexity index is 1400. The van der Waals surface area contributed by atoms with Crippen LogP contribution in [0.4, 0.5) is 0 Å². The summed E-state index contributed by atoms with van der Waals surface area (Å²) in [6.45, 7) is 2.07. The van der Waals surface area contributed by atoms with E-state index in [1.165, 1.54) is 6.08 Å². The van der Waals surface area contributed by atoms with Crippen molar-refractivity contribution in [3.05, 3.63) is 91.5 Å². The number of fused-ring (bicyclic) bond motifs is 1. The van der Waals surface area contributed by atoms with Gasteiger partial charge in [-0.2, -0.15) is 0 Å². The van der Waals surface area contributed by atoms with Crippen LogP contribution in [0.5, 0.6) is 17.2 Å². The minimum absolute atomic E-state index is 0.0605. The van der Waals surface area contributed by atoms with Gasteiger partial charge in [0.05, 0.1) is 10.0 Å². The van der Waals surface area contributed by atoms with E-state index in [4.69, 9.17) is 18.9 Å². The molecule has 9 heteroatoms. The standard InChI is InChI=1S/C25H15Br2NO6/c1-13-2-4-14(5-3-13)24(29)33-22-16(8-17(26)11-18(22)27)9-19-25(30)34-23(28-19)15-6-7-20-21(10-15)32-12-31-20/h2-11H,12H2,1H3/b19-9+. The van der Waals surface area contributed by atoms with Crippen molar-refractivity contribution in [2.75, 3.05) is 6.79 Å². The highest BCUT2D eigenvalue weighted by Gasteiger charge is 2.27. The molecule has 0 unspecified atom stereocenters. The summed E-state index contributed by atoms with van der Waals surface area (Å²) in [6.07, 6.45) is 1.51. The number of aryl methyl sites for hydroxylation is 1. The van der Waals surface area contributed by atoms with Crippen LogP contribution in [0, 0.1) is 6.92 Å². The second-order valence-electron chi connectivity index (χ2n) is 7.47. The van der Waals surface area contributed by atoms with E-state index >= 15 is 0 Å². The maximum atomic E-state index is 12.7. The summed E-state index contributed by atoms with van der Waals surface area (Å²) in [5.74, 6) is 0.404. The number of carbonyl (C=O) groups is 2. The first-order valence-electron chi connectivity index (χ1n) is 10.1. The molecule has 3 aromatic rings.